The largest absolute Gasteiger partial charge is 0.371 e. The van der Waals surface area contributed by atoms with Crippen LogP contribution in [0.4, 0.5) is 14.6 Å². The molecular weight excluding hydrogens is 262 g/mol. The maximum absolute atomic E-state index is 12.7. The fourth-order valence-electron chi connectivity index (χ4n) is 1.94. The van der Waals surface area contributed by atoms with Crippen LogP contribution < -0.4 is 11.1 Å². The van der Waals surface area contributed by atoms with Crippen LogP contribution in [0.5, 0.6) is 0 Å². The van der Waals surface area contributed by atoms with E-state index in [1.165, 1.54) is 6.20 Å². The van der Waals surface area contributed by atoms with Gasteiger partial charge in [0, 0.05) is 19.3 Å². The van der Waals surface area contributed by atoms with Crippen molar-refractivity contribution in [3.05, 3.63) is 42.2 Å². The van der Waals surface area contributed by atoms with Gasteiger partial charge in [0.05, 0.1) is 0 Å². The minimum atomic E-state index is -2.56. The number of anilines is 1. The fourth-order valence-corrected chi connectivity index (χ4v) is 1.94. The van der Waals surface area contributed by atoms with E-state index in [-0.39, 0.29) is 5.69 Å². The molecule has 2 heterocycles. The number of nitrogens with one attached hydrogen (secondary N) is 1. The van der Waals surface area contributed by atoms with Gasteiger partial charge in [0.2, 0.25) is 0 Å². The van der Waals surface area contributed by atoms with E-state index >= 15 is 0 Å². The smallest absolute Gasteiger partial charge is 0.281 e. The van der Waals surface area contributed by atoms with E-state index in [9.17, 15) is 8.78 Å². The Morgan fingerprint density at radius 3 is 2.95 bits per heavy atom. The Labute approximate surface area is 116 Å². The SMILES string of the molecule is C=C(CN)CCCNc1cccc2nc(C(F)F)cn12. The Morgan fingerprint density at radius 1 is 1.45 bits per heavy atom. The molecular formula is C14H18F2N4. The maximum Gasteiger partial charge on any atom is 0.281 e. The number of rotatable bonds is 7. The van der Waals surface area contributed by atoms with Crippen LogP contribution in [0.3, 0.4) is 0 Å². The molecule has 0 unspecified atom stereocenters. The van der Waals surface area contributed by atoms with Gasteiger partial charge < -0.3 is 11.1 Å². The van der Waals surface area contributed by atoms with Gasteiger partial charge >= 0.3 is 0 Å². The number of nitrogens with zero attached hydrogens (tertiary/aromatic N) is 2. The number of halogens is 2. The lowest BCUT2D eigenvalue weighted by Crippen LogP contribution is -2.07. The van der Waals surface area contributed by atoms with Crippen molar-refractivity contribution in [1.29, 1.82) is 0 Å². The second-order valence-corrected chi connectivity index (χ2v) is 4.59. The van der Waals surface area contributed by atoms with Crippen LogP contribution in [0.25, 0.3) is 5.65 Å². The van der Waals surface area contributed by atoms with Crippen molar-refractivity contribution in [2.45, 2.75) is 19.3 Å². The van der Waals surface area contributed by atoms with Gasteiger partial charge in [-0.3, -0.25) is 4.40 Å². The molecule has 0 aliphatic carbocycles. The molecule has 3 N–H and O–H groups in total. The zero-order valence-electron chi connectivity index (χ0n) is 11.1. The Kier molecular flexibility index (Phi) is 4.68. The summed E-state index contributed by atoms with van der Waals surface area (Å²) in [6.07, 6.45) is 0.547. The second kappa shape index (κ2) is 6.47. The number of nitrogens with two attached hydrogens (primary N) is 1. The average Bonchev–Trinajstić information content (AvgIpc) is 2.88. The van der Waals surface area contributed by atoms with Crippen molar-refractivity contribution < 1.29 is 8.78 Å². The second-order valence-electron chi connectivity index (χ2n) is 4.59. The number of alkyl halides is 2. The van der Waals surface area contributed by atoms with Gasteiger partial charge in [0.15, 0.2) is 0 Å². The highest BCUT2D eigenvalue weighted by molar-refractivity contribution is 5.51. The first-order chi connectivity index (χ1) is 9.61. The van der Waals surface area contributed by atoms with Crippen molar-refractivity contribution in [3.8, 4) is 0 Å². The summed E-state index contributed by atoms with van der Waals surface area (Å²) in [5, 5.41) is 3.22. The van der Waals surface area contributed by atoms with Crippen LogP contribution in [0.1, 0.15) is 25.0 Å². The summed E-state index contributed by atoms with van der Waals surface area (Å²) in [5.74, 6) is 0.750. The minimum Gasteiger partial charge on any atom is -0.371 e. The molecule has 0 saturated carbocycles. The molecule has 20 heavy (non-hydrogen) atoms. The Balaban J connectivity index is 2.04. The van der Waals surface area contributed by atoms with Crippen LogP contribution in [0.15, 0.2) is 36.5 Å². The van der Waals surface area contributed by atoms with Crippen molar-refractivity contribution in [3.63, 3.8) is 0 Å². The van der Waals surface area contributed by atoms with Gasteiger partial charge in [0.1, 0.15) is 17.2 Å². The van der Waals surface area contributed by atoms with E-state index in [1.807, 2.05) is 6.07 Å². The number of imidazole rings is 1. The summed E-state index contributed by atoms with van der Waals surface area (Å²) in [6, 6.07) is 5.33. The first-order valence-corrected chi connectivity index (χ1v) is 6.48. The molecule has 0 bridgehead atoms. The van der Waals surface area contributed by atoms with E-state index in [4.69, 9.17) is 5.73 Å². The molecule has 2 aromatic heterocycles. The molecule has 0 spiro atoms. The van der Waals surface area contributed by atoms with Crippen molar-refractivity contribution >= 4 is 11.5 Å². The molecule has 0 fully saturated rings. The van der Waals surface area contributed by atoms with Crippen LogP contribution in [0.2, 0.25) is 0 Å². The van der Waals surface area contributed by atoms with Crippen molar-refractivity contribution in [2.75, 3.05) is 18.4 Å². The van der Waals surface area contributed by atoms with Crippen LogP contribution >= 0.6 is 0 Å². The monoisotopic (exact) mass is 280 g/mol. The number of aromatic nitrogens is 2. The average molecular weight is 280 g/mol. The molecule has 0 atom stereocenters. The van der Waals surface area contributed by atoms with Crippen LogP contribution in [0, 0.1) is 0 Å². The first kappa shape index (κ1) is 14.5. The van der Waals surface area contributed by atoms with Crippen LogP contribution in [-0.2, 0) is 0 Å². The lowest BCUT2D eigenvalue weighted by atomic mass is 10.2. The Morgan fingerprint density at radius 2 is 2.25 bits per heavy atom. The summed E-state index contributed by atoms with van der Waals surface area (Å²) < 4.78 is 26.9. The standard InChI is InChI=1S/C14H18F2N4/c1-10(8-17)4-3-7-18-12-5-2-6-13-19-11(14(15)16)9-20(12)13/h2,5-6,9,14,18H,1,3-4,7-8,17H2. The highest BCUT2D eigenvalue weighted by Crippen LogP contribution is 2.21. The predicted molar refractivity (Wildman–Crippen MR) is 76.1 cm³/mol. The van der Waals surface area contributed by atoms with Crippen LogP contribution in [-0.4, -0.2) is 22.5 Å². The number of hydrogen-bond acceptors (Lipinski definition) is 3. The lowest BCUT2D eigenvalue weighted by Gasteiger charge is -2.09. The minimum absolute atomic E-state index is 0.212. The third-order valence-electron chi connectivity index (χ3n) is 3.04. The third-order valence-corrected chi connectivity index (χ3v) is 3.04. The Bertz CT molecular complexity index is 592. The van der Waals surface area contributed by atoms with Crippen molar-refractivity contribution in [2.24, 2.45) is 5.73 Å². The van der Waals surface area contributed by atoms with E-state index in [0.717, 1.165) is 30.8 Å². The highest BCUT2D eigenvalue weighted by Gasteiger charge is 2.12. The highest BCUT2D eigenvalue weighted by atomic mass is 19.3. The molecule has 0 aromatic carbocycles. The van der Waals surface area contributed by atoms with Gasteiger partial charge in [-0.2, -0.15) is 0 Å². The molecule has 2 aromatic rings. The molecule has 0 aliphatic rings. The number of hydrogen-bond donors (Lipinski definition) is 2. The molecule has 0 radical (unpaired) electrons. The normalized spacial score (nSPS) is 11.2. The lowest BCUT2D eigenvalue weighted by molar-refractivity contribution is 0.147. The first-order valence-electron chi connectivity index (χ1n) is 6.48. The van der Waals surface area contributed by atoms with E-state index < -0.39 is 6.43 Å². The molecule has 0 saturated heterocycles. The zero-order chi connectivity index (χ0) is 14.5. The summed E-state index contributed by atoms with van der Waals surface area (Å²) in [5.41, 5.74) is 6.77. The fraction of sp³-hybridized carbons (Fsp3) is 0.357. The van der Waals surface area contributed by atoms with E-state index in [1.54, 1.807) is 16.5 Å². The topological polar surface area (TPSA) is 55.3 Å². The molecule has 2 rings (SSSR count). The van der Waals surface area contributed by atoms with Gasteiger partial charge in [-0.15, -0.1) is 0 Å². The molecule has 0 aliphatic heterocycles. The van der Waals surface area contributed by atoms with Gasteiger partial charge in [0.25, 0.3) is 6.43 Å². The summed E-state index contributed by atoms with van der Waals surface area (Å²) in [6.45, 7) is 5.06. The number of pyridine rings is 1. The molecule has 6 heteroatoms. The van der Waals surface area contributed by atoms with Gasteiger partial charge in [-0.1, -0.05) is 18.2 Å². The quantitative estimate of drug-likeness (QED) is 0.605. The van der Waals surface area contributed by atoms with Gasteiger partial charge in [-0.25, -0.2) is 13.8 Å². The molecule has 4 nitrogen and oxygen atoms in total. The predicted octanol–water partition coefficient (Wildman–Crippen LogP) is 2.98. The summed E-state index contributed by atoms with van der Waals surface area (Å²) >= 11 is 0. The Hall–Kier alpha value is -1.95. The molecule has 0 amide bonds. The van der Waals surface area contributed by atoms with E-state index in [0.29, 0.717) is 12.2 Å². The van der Waals surface area contributed by atoms with Crippen molar-refractivity contribution in [1.82, 2.24) is 9.38 Å². The van der Waals surface area contributed by atoms with E-state index in [2.05, 4.69) is 16.9 Å². The summed E-state index contributed by atoms with van der Waals surface area (Å²) in [4.78, 5) is 3.88. The van der Waals surface area contributed by atoms with Gasteiger partial charge in [-0.05, 0) is 25.0 Å². The summed E-state index contributed by atoms with van der Waals surface area (Å²) in [7, 11) is 0. The number of fused-ring (bicyclic) bond motifs is 1. The molecule has 108 valence electrons. The maximum atomic E-state index is 12.7. The third kappa shape index (κ3) is 3.33. The zero-order valence-corrected chi connectivity index (χ0v) is 11.1.